The van der Waals surface area contributed by atoms with E-state index in [0.717, 1.165) is 0 Å². The molecule has 19 heavy (non-hydrogen) atoms. The lowest BCUT2D eigenvalue weighted by atomic mass is 10.0. The van der Waals surface area contributed by atoms with Gasteiger partial charge in [0.25, 0.3) is 0 Å². The Morgan fingerprint density at radius 3 is 2.05 bits per heavy atom. The van der Waals surface area contributed by atoms with Gasteiger partial charge in [0.15, 0.2) is 0 Å². The zero-order valence-electron chi connectivity index (χ0n) is 11.4. The standard InChI is InChI=1S/C18H21N/c1-2-6-17(7-3-1)18-10-8-16(9-11-18)12-15-19-13-4-5-14-19/h1-3,6-11H,4-5,12-15H2. The minimum atomic E-state index is 1.18. The second-order valence-corrected chi connectivity index (χ2v) is 5.36. The Labute approximate surface area is 115 Å². The largest absolute Gasteiger partial charge is 0.303 e. The molecule has 98 valence electrons. The highest BCUT2D eigenvalue weighted by molar-refractivity contribution is 5.63. The van der Waals surface area contributed by atoms with E-state index in [1.54, 1.807) is 0 Å². The molecular weight excluding hydrogens is 230 g/mol. The highest BCUT2D eigenvalue weighted by Gasteiger charge is 2.10. The van der Waals surface area contributed by atoms with Crippen molar-refractivity contribution in [3.63, 3.8) is 0 Å². The van der Waals surface area contributed by atoms with Crippen LogP contribution in [0.25, 0.3) is 11.1 Å². The van der Waals surface area contributed by atoms with Crippen LogP contribution in [0.2, 0.25) is 0 Å². The molecule has 2 aromatic rings. The van der Waals surface area contributed by atoms with Crippen molar-refractivity contribution in [2.24, 2.45) is 0 Å². The number of hydrogen-bond acceptors (Lipinski definition) is 1. The first kappa shape index (κ1) is 12.4. The molecule has 2 aromatic carbocycles. The van der Waals surface area contributed by atoms with Gasteiger partial charge in [-0.25, -0.2) is 0 Å². The van der Waals surface area contributed by atoms with Crippen LogP contribution >= 0.6 is 0 Å². The van der Waals surface area contributed by atoms with Crippen molar-refractivity contribution in [2.75, 3.05) is 19.6 Å². The van der Waals surface area contributed by atoms with Crippen LogP contribution in [-0.4, -0.2) is 24.5 Å². The molecule has 1 heterocycles. The molecule has 0 aliphatic carbocycles. The summed E-state index contributed by atoms with van der Waals surface area (Å²) in [6, 6.07) is 19.6. The van der Waals surface area contributed by atoms with E-state index in [1.807, 2.05) is 0 Å². The van der Waals surface area contributed by atoms with E-state index in [-0.39, 0.29) is 0 Å². The van der Waals surface area contributed by atoms with Gasteiger partial charge in [0.1, 0.15) is 0 Å². The van der Waals surface area contributed by atoms with Gasteiger partial charge < -0.3 is 4.90 Å². The average Bonchev–Trinajstić information content (AvgIpc) is 3.00. The summed E-state index contributed by atoms with van der Waals surface area (Å²) in [4.78, 5) is 2.57. The second-order valence-electron chi connectivity index (χ2n) is 5.36. The molecule has 0 bridgehead atoms. The summed E-state index contributed by atoms with van der Waals surface area (Å²) < 4.78 is 0. The minimum Gasteiger partial charge on any atom is -0.303 e. The second kappa shape index (κ2) is 6.03. The number of rotatable bonds is 4. The molecule has 1 aliphatic rings. The minimum absolute atomic E-state index is 1.18. The normalized spacial score (nSPS) is 15.8. The lowest BCUT2D eigenvalue weighted by molar-refractivity contribution is 0.343. The molecule has 0 atom stereocenters. The summed E-state index contributed by atoms with van der Waals surface area (Å²) in [6.07, 6.45) is 3.94. The Morgan fingerprint density at radius 2 is 1.37 bits per heavy atom. The molecular formula is C18H21N. The summed E-state index contributed by atoms with van der Waals surface area (Å²) in [6.45, 7) is 3.80. The van der Waals surface area contributed by atoms with E-state index in [0.29, 0.717) is 0 Å². The van der Waals surface area contributed by atoms with E-state index in [1.165, 1.54) is 55.6 Å². The van der Waals surface area contributed by atoms with Crippen molar-refractivity contribution in [2.45, 2.75) is 19.3 Å². The number of nitrogens with zero attached hydrogens (tertiary/aromatic N) is 1. The van der Waals surface area contributed by atoms with Crippen LogP contribution in [0.15, 0.2) is 54.6 Å². The van der Waals surface area contributed by atoms with Crippen LogP contribution in [0.1, 0.15) is 18.4 Å². The molecule has 1 heteroatoms. The number of likely N-dealkylation sites (tertiary alicyclic amines) is 1. The fourth-order valence-corrected chi connectivity index (χ4v) is 2.79. The van der Waals surface area contributed by atoms with E-state index >= 15 is 0 Å². The van der Waals surface area contributed by atoms with Crippen molar-refractivity contribution in [1.82, 2.24) is 4.90 Å². The molecule has 0 N–H and O–H groups in total. The van der Waals surface area contributed by atoms with Crippen molar-refractivity contribution in [3.8, 4) is 11.1 Å². The van der Waals surface area contributed by atoms with E-state index in [9.17, 15) is 0 Å². The van der Waals surface area contributed by atoms with Crippen molar-refractivity contribution in [3.05, 3.63) is 60.2 Å². The van der Waals surface area contributed by atoms with Gasteiger partial charge in [0, 0.05) is 6.54 Å². The first-order valence-electron chi connectivity index (χ1n) is 7.28. The Hall–Kier alpha value is -1.60. The highest BCUT2D eigenvalue weighted by atomic mass is 15.1. The molecule has 1 nitrogen and oxygen atoms in total. The van der Waals surface area contributed by atoms with Gasteiger partial charge in [-0.1, -0.05) is 54.6 Å². The predicted molar refractivity (Wildman–Crippen MR) is 81.3 cm³/mol. The molecule has 0 radical (unpaired) electrons. The van der Waals surface area contributed by atoms with Gasteiger partial charge in [-0.15, -0.1) is 0 Å². The fraction of sp³-hybridized carbons (Fsp3) is 0.333. The third kappa shape index (κ3) is 3.24. The third-order valence-electron chi connectivity index (χ3n) is 3.98. The molecule has 0 spiro atoms. The summed E-state index contributed by atoms with van der Waals surface area (Å²) >= 11 is 0. The van der Waals surface area contributed by atoms with Gasteiger partial charge >= 0.3 is 0 Å². The smallest absolute Gasteiger partial charge is 0.00218 e. The molecule has 0 aromatic heterocycles. The summed E-state index contributed by atoms with van der Waals surface area (Å²) in [5.74, 6) is 0. The van der Waals surface area contributed by atoms with Crippen LogP contribution in [0.3, 0.4) is 0 Å². The Balaban J connectivity index is 1.62. The number of hydrogen-bond donors (Lipinski definition) is 0. The average molecular weight is 251 g/mol. The molecule has 0 saturated carbocycles. The first-order valence-corrected chi connectivity index (χ1v) is 7.28. The van der Waals surface area contributed by atoms with Gasteiger partial charge in [-0.3, -0.25) is 0 Å². The number of benzene rings is 2. The SMILES string of the molecule is c1ccc(-c2ccc(CCN3CCCC3)cc2)cc1. The zero-order valence-corrected chi connectivity index (χ0v) is 11.4. The van der Waals surface area contributed by atoms with Gasteiger partial charge in [-0.05, 0) is 49.0 Å². The van der Waals surface area contributed by atoms with Crippen LogP contribution in [0.5, 0.6) is 0 Å². The quantitative estimate of drug-likeness (QED) is 0.794. The summed E-state index contributed by atoms with van der Waals surface area (Å²) in [5, 5.41) is 0. The Bertz CT molecular complexity index is 495. The molecule has 1 fully saturated rings. The fourth-order valence-electron chi connectivity index (χ4n) is 2.79. The molecule has 0 unspecified atom stereocenters. The topological polar surface area (TPSA) is 3.24 Å². The van der Waals surface area contributed by atoms with E-state index in [2.05, 4.69) is 59.5 Å². The van der Waals surface area contributed by atoms with Gasteiger partial charge in [0.2, 0.25) is 0 Å². The first-order chi connectivity index (χ1) is 9.42. The van der Waals surface area contributed by atoms with Crippen molar-refractivity contribution >= 4 is 0 Å². The molecule has 1 saturated heterocycles. The van der Waals surface area contributed by atoms with Crippen molar-refractivity contribution in [1.29, 1.82) is 0 Å². The van der Waals surface area contributed by atoms with Gasteiger partial charge in [0.05, 0.1) is 0 Å². The van der Waals surface area contributed by atoms with Gasteiger partial charge in [-0.2, -0.15) is 0 Å². The Kier molecular flexibility index (Phi) is 3.95. The molecule has 3 rings (SSSR count). The van der Waals surface area contributed by atoms with Crippen LogP contribution in [-0.2, 0) is 6.42 Å². The van der Waals surface area contributed by atoms with Crippen molar-refractivity contribution < 1.29 is 0 Å². The third-order valence-corrected chi connectivity index (χ3v) is 3.98. The molecule has 0 amide bonds. The van der Waals surface area contributed by atoms with Crippen LogP contribution in [0, 0.1) is 0 Å². The lowest BCUT2D eigenvalue weighted by Gasteiger charge is -2.14. The van der Waals surface area contributed by atoms with E-state index < -0.39 is 0 Å². The maximum atomic E-state index is 2.57. The summed E-state index contributed by atoms with van der Waals surface area (Å²) in [5.41, 5.74) is 4.06. The highest BCUT2D eigenvalue weighted by Crippen LogP contribution is 2.19. The van der Waals surface area contributed by atoms with E-state index in [4.69, 9.17) is 0 Å². The lowest BCUT2D eigenvalue weighted by Crippen LogP contribution is -2.21. The predicted octanol–water partition coefficient (Wildman–Crippen LogP) is 3.99. The maximum absolute atomic E-state index is 2.57. The Morgan fingerprint density at radius 1 is 0.737 bits per heavy atom. The molecule has 1 aliphatic heterocycles. The zero-order chi connectivity index (χ0) is 12.9. The van der Waals surface area contributed by atoms with Crippen LogP contribution < -0.4 is 0 Å². The maximum Gasteiger partial charge on any atom is 0.00218 e. The monoisotopic (exact) mass is 251 g/mol. The van der Waals surface area contributed by atoms with Crippen LogP contribution in [0.4, 0.5) is 0 Å². The summed E-state index contributed by atoms with van der Waals surface area (Å²) in [7, 11) is 0.